The molecule has 0 aromatic carbocycles. The molecule has 18 heavy (non-hydrogen) atoms. The number of nitrogens with two attached hydrogens (primary N) is 1. The molecule has 5 nitrogen and oxygen atoms in total. The Morgan fingerprint density at radius 3 is 2.61 bits per heavy atom. The first kappa shape index (κ1) is 13.5. The van der Waals surface area contributed by atoms with E-state index in [1.54, 1.807) is 0 Å². The van der Waals surface area contributed by atoms with Gasteiger partial charge in [-0.15, -0.1) is 0 Å². The summed E-state index contributed by atoms with van der Waals surface area (Å²) in [6.45, 7) is 2.94. The van der Waals surface area contributed by atoms with Crippen LogP contribution >= 0.6 is 0 Å². The van der Waals surface area contributed by atoms with Crippen LogP contribution < -0.4 is 5.73 Å². The van der Waals surface area contributed by atoms with E-state index in [2.05, 4.69) is 17.1 Å². The second-order valence-electron chi connectivity index (χ2n) is 5.67. The van der Waals surface area contributed by atoms with E-state index < -0.39 is 0 Å². The first-order valence-electron chi connectivity index (χ1n) is 6.82. The quantitative estimate of drug-likeness (QED) is 0.866. The summed E-state index contributed by atoms with van der Waals surface area (Å²) in [5, 5.41) is 4.07. The largest absolute Gasteiger partial charge is 0.339 e. The SMILES string of the molecule is CCC1(c2nc(C(N)CN(C)C)no2)CCCC1. The molecule has 1 saturated carbocycles. The van der Waals surface area contributed by atoms with Crippen LogP contribution in [0.2, 0.25) is 0 Å². The van der Waals surface area contributed by atoms with Gasteiger partial charge in [0.1, 0.15) is 0 Å². The molecular formula is C13H24N4O. The Labute approximate surface area is 109 Å². The van der Waals surface area contributed by atoms with E-state index in [4.69, 9.17) is 10.3 Å². The predicted octanol–water partition coefficient (Wildman–Crippen LogP) is 1.85. The Morgan fingerprint density at radius 2 is 2.06 bits per heavy atom. The van der Waals surface area contributed by atoms with Crippen molar-refractivity contribution >= 4 is 0 Å². The van der Waals surface area contributed by atoms with Crippen molar-refractivity contribution in [3.05, 3.63) is 11.7 Å². The van der Waals surface area contributed by atoms with Crippen LogP contribution in [-0.2, 0) is 5.41 Å². The molecule has 1 heterocycles. The zero-order valence-electron chi connectivity index (χ0n) is 11.6. The third-order valence-electron chi connectivity index (χ3n) is 4.03. The van der Waals surface area contributed by atoms with Gasteiger partial charge >= 0.3 is 0 Å². The molecule has 1 aliphatic carbocycles. The molecule has 0 saturated heterocycles. The highest BCUT2D eigenvalue weighted by Crippen LogP contribution is 2.42. The summed E-state index contributed by atoms with van der Waals surface area (Å²) >= 11 is 0. The van der Waals surface area contributed by atoms with Gasteiger partial charge in [-0.1, -0.05) is 24.9 Å². The van der Waals surface area contributed by atoms with Crippen LogP contribution in [0.25, 0.3) is 0 Å². The van der Waals surface area contributed by atoms with Crippen LogP contribution in [0.3, 0.4) is 0 Å². The van der Waals surface area contributed by atoms with Crippen LogP contribution in [0.5, 0.6) is 0 Å². The minimum Gasteiger partial charge on any atom is -0.339 e. The third kappa shape index (κ3) is 2.57. The highest BCUT2D eigenvalue weighted by molar-refractivity contribution is 5.09. The molecule has 1 aromatic rings. The first-order chi connectivity index (χ1) is 8.57. The molecule has 2 N–H and O–H groups in total. The summed E-state index contributed by atoms with van der Waals surface area (Å²) in [5.74, 6) is 1.44. The molecule has 5 heteroatoms. The fourth-order valence-corrected chi connectivity index (χ4v) is 2.85. The zero-order valence-corrected chi connectivity index (χ0v) is 11.6. The van der Waals surface area contributed by atoms with Gasteiger partial charge in [0.25, 0.3) is 0 Å². The molecule has 1 unspecified atom stereocenters. The molecule has 2 rings (SSSR count). The summed E-state index contributed by atoms with van der Waals surface area (Å²) in [4.78, 5) is 6.59. The van der Waals surface area contributed by atoms with Crippen LogP contribution in [0, 0.1) is 0 Å². The van der Waals surface area contributed by atoms with E-state index in [1.807, 2.05) is 19.0 Å². The molecule has 102 valence electrons. The van der Waals surface area contributed by atoms with Crippen molar-refractivity contribution in [2.75, 3.05) is 20.6 Å². The van der Waals surface area contributed by atoms with Crippen molar-refractivity contribution < 1.29 is 4.52 Å². The normalized spacial score (nSPS) is 20.5. The number of nitrogens with zero attached hydrogens (tertiary/aromatic N) is 3. The molecule has 1 aromatic heterocycles. The molecule has 0 bridgehead atoms. The van der Waals surface area contributed by atoms with E-state index in [9.17, 15) is 0 Å². The standard InChI is InChI=1S/C13H24N4O/c1-4-13(7-5-6-8-13)12-15-11(16-18-12)10(14)9-17(2)3/h10H,4-9,14H2,1-3H3. The van der Waals surface area contributed by atoms with Gasteiger partial charge in [0.2, 0.25) is 5.89 Å². The Balaban J connectivity index is 2.14. The second kappa shape index (κ2) is 5.36. The molecule has 1 fully saturated rings. The lowest BCUT2D eigenvalue weighted by atomic mass is 9.83. The number of likely N-dealkylation sites (N-methyl/N-ethyl adjacent to an activating group) is 1. The minimum absolute atomic E-state index is 0.114. The van der Waals surface area contributed by atoms with Crippen molar-refractivity contribution in [2.45, 2.75) is 50.5 Å². The van der Waals surface area contributed by atoms with E-state index >= 15 is 0 Å². The lowest BCUT2D eigenvalue weighted by Gasteiger charge is -2.21. The number of aromatic nitrogens is 2. The average Bonchev–Trinajstić information content (AvgIpc) is 2.98. The lowest BCUT2D eigenvalue weighted by Crippen LogP contribution is -2.27. The molecule has 0 amide bonds. The number of rotatable bonds is 5. The first-order valence-corrected chi connectivity index (χ1v) is 6.82. The summed E-state index contributed by atoms with van der Waals surface area (Å²) in [6.07, 6.45) is 5.91. The highest BCUT2D eigenvalue weighted by Gasteiger charge is 2.39. The van der Waals surface area contributed by atoms with Gasteiger partial charge < -0.3 is 15.2 Å². The van der Waals surface area contributed by atoms with Gasteiger partial charge in [-0.3, -0.25) is 0 Å². The number of hydrogen-bond donors (Lipinski definition) is 1. The van der Waals surface area contributed by atoms with Crippen LogP contribution in [0.1, 0.15) is 56.8 Å². The van der Waals surface area contributed by atoms with Crippen molar-refractivity contribution in [2.24, 2.45) is 5.73 Å². The van der Waals surface area contributed by atoms with Gasteiger partial charge in [0.15, 0.2) is 5.82 Å². The summed E-state index contributed by atoms with van der Waals surface area (Å²) in [6, 6.07) is -0.173. The average molecular weight is 252 g/mol. The lowest BCUT2D eigenvalue weighted by molar-refractivity contribution is 0.270. The molecule has 1 atom stereocenters. The van der Waals surface area contributed by atoms with Crippen LogP contribution in [0.15, 0.2) is 4.52 Å². The predicted molar refractivity (Wildman–Crippen MR) is 70.2 cm³/mol. The van der Waals surface area contributed by atoms with Crippen molar-refractivity contribution in [1.29, 1.82) is 0 Å². The van der Waals surface area contributed by atoms with Crippen LogP contribution in [-0.4, -0.2) is 35.7 Å². The fraction of sp³-hybridized carbons (Fsp3) is 0.846. The topological polar surface area (TPSA) is 68.2 Å². The molecule has 0 aliphatic heterocycles. The summed E-state index contributed by atoms with van der Waals surface area (Å²) in [5.41, 5.74) is 6.18. The third-order valence-corrected chi connectivity index (χ3v) is 4.03. The van der Waals surface area contributed by atoms with Crippen molar-refractivity contribution in [1.82, 2.24) is 15.0 Å². The maximum absolute atomic E-state index is 6.07. The smallest absolute Gasteiger partial charge is 0.232 e. The maximum Gasteiger partial charge on any atom is 0.232 e. The van der Waals surface area contributed by atoms with E-state index in [-0.39, 0.29) is 11.5 Å². The number of hydrogen-bond acceptors (Lipinski definition) is 5. The minimum atomic E-state index is -0.173. The van der Waals surface area contributed by atoms with Gasteiger partial charge in [-0.2, -0.15) is 4.98 Å². The maximum atomic E-state index is 6.07. The van der Waals surface area contributed by atoms with Gasteiger partial charge in [-0.25, -0.2) is 0 Å². The Kier molecular flexibility index (Phi) is 4.02. The van der Waals surface area contributed by atoms with Gasteiger partial charge in [0.05, 0.1) is 6.04 Å². The van der Waals surface area contributed by atoms with Crippen LogP contribution in [0.4, 0.5) is 0 Å². The summed E-state index contributed by atoms with van der Waals surface area (Å²) < 4.78 is 5.49. The Bertz CT molecular complexity index is 382. The molecular weight excluding hydrogens is 228 g/mol. The summed E-state index contributed by atoms with van der Waals surface area (Å²) in [7, 11) is 3.98. The van der Waals surface area contributed by atoms with Crippen molar-refractivity contribution in [3.8, 4) is 0 Å². The molecule has 0 spiro atoms. The Hall–Kier alpha value is -0.940. The zero-order chi connectivity index (χ0) is 13.2. The molecule has 0 radical (unpaired) electrons. The van der Waals surface area contributed by atoms with E-state index in [0.717, 1.165) is 31.7 Å². The van der Waals surface area contributed by atoms with Crippen molar-refractivity contribution in [3.63, 3.8) is 0 Å². The fourth-order valence-electron chi connectivity index (χ4n) is 2.85. The molecule has 1 aliphatic rings. The Morgan fingerprint density at radius 1 is 1.39 bits per heavy atom. The van der Waals surface area contributed by atoms with Gasteiger partial charge in [-0.05, 0) is 33.4 Å². The monoisotopic (exact) mass is 252 g/mol. The van der Waals surface area contributed by atoms with E-state index in [0.29, 0.717) is 5.82 Å². The van der Waals surface area contributed by atoms with Gasteiger partial charge in [0, 0.05) is 12.0 Å². The highest BCUT2D eigenvalue weighted by atomic mass is 16.5. The second-order valence-corrected chi connectivity index (χ2v) is 5.67. The van der Waals surface area contributed by atoms with E-state index in [1.165, 1.54) is 12.8 Å².